The predicted molar refractivity (Wildman–Crippen MR) is 101 cm³/mol. The van der Waals surface area contributed by atoms with Gasteiger partial charge in [-0.1, -0.05) is 30.3 Å². The maximum atomic E-state index is 5.65. The molecule has 1 heterocycles. The highest BCUT2D eigenvalue weighted by Gasteiger charge is 2.02. The Kier molecular flexibility index (Phi) is 5.46. The summed E-state index contributed by atoms with van der Waals surface area (Å²) in [5.74, 6) is 2.19. The zero-order valence-corrected chi connectivity index (χ0v) is 14.4. The SMILES string of the molecule is CC(C)Oc1ccc(Nc2ccnc(NCc3ccccc3)n2)cc1. The topological polar surface area (TPSA) is 59.1 Å². The lowest BCUT2D eigenvalue weighted by Gasteiger charge is -2.11. The van der Waals surface area contributed by atoms with Crippen LogP contribution in [0.25, 0.3) is 0 Å². The fourth-order valence-electron chi connectivity index (χ4n) is 2.33. The number of hydrogen-bond acceptors (Lipinski definition) is 5. The number of benzene rings is 2. The Bertz CT molecular complexity index is 788. The van der Waals surface area contributed by atoms with Crippen molar-refractivity contribution in [3.05, 3.63) is 72.4 Å². The number of nitrogens with one attached hydrogen (secondary N) is 2. The van der Waals surface area contributed by atoms with E-state index < -0.39 is 0 Å². The lowest BCUT2D eigenvalue weighted by Crippen LogP contribution is -2.06. The molecule has 0 saturated carbocycles. The smallest absolute Gasteiger partial charge is 0.224 e. The van der Waals surface area contributed by atoms with E-state index in [0.717, 1.165) is 17.3 Å². The van der Waals surface area contributed by atoms with Gasteiger partial charge in [-0.25, -0.2) is 4.98 Å². The molecule has 0 bridgehead atoms. The van der Waals surface area contributed by atoms with Crippen LogP contribution >= 0.6 is 0 Å². The number of aromatic nitrogens is 2. The molecule has 0 aliphatic heterocycles. The highest BCUT2D eigenvalue weighted by molar-refractivity contribution is 5.57. The van der Waals surface area contributed by atoms with Gasteiger partial charge in [-0.2, -0.15) is 4.98 Å². The van der Waals surface area contributed by atoms with Crippen LogP contribution in [0.4, 0.5) is 17.5 Å². The van der Waals surface area contributed by atoms with Crippen LogP contribution < -0.4 is 15.4 Å². The summed E-state index contributed by atoms with van der Waals surface area (Å²) in [6.07, 6.45) is 1.90. The molecule has 0 spiro atoms. The van der Waals surface area contributed by atoms with Crippen LogP contribution in [0.5, 0.6) is 5.75 Å². The zero-order chi connectivity index (χ0) is 17.5. The van der Waals surface area contributed by atoms with Crippen molar-refractivity contribution < 1.29 is 4.74 Å². The first kappa shape index (κ1) is 16.8. The van der Waals surface area contributed by atoms with Gasteiger partial charge in [-0.05, 0) is 49.7 Å². The highest BCUT2D eigenvalue weighted by atomic mass is 16.5. The molecule has 0 aliphatic carbocycles. The van der Waals surface area contributed by atoms with Crippen molar-refractivity contribution >= 4 is 17.5 Å². The van der Waals surface area contributed by atoms with Crippen molar-refractivity contribution in [2.24, 2.45) is 0 Å². The molecule has 0 amide bonds. The molecule has 0 atom stereocenters. The summed E-state index contributed by atoms with van der Waals surface area (Å²) >= 11 is 0. The molecule has 128 valence electrons. The van der Waals surface area contributed by atoms with E-state index in [4.69, 9.17) is 4.74 Å². The third-order valence-corrected chi connectivity index (χ3v) is 3.45. The zero-order valence-electron chi connectivity index (χ0n) is 14.4. The van der Waals surface area contributed by atoms with E-state index in [1.54, 1.807) is 6.20 Å². The van der Waals surface area contributed by atoms with E-state index in [1.165, 1.54) is 5.56 Å². The first-order chi connectivity index (χ1) is 12.2. The lowest BCUT2D eigenvalue weighted by atomic mass is 10.2. The van der Waals surface area contributed by atoms with Crippen molar-refractivity contribution in [1.82, 2.24) is 9.97 Å². The van der Waals surface area contributed by atoms with Crippen molar-refractivity contribution in [3.63, 3.8) is 0 Å². The summed E-state index contributed by atoms with van der Waals surface area (Å²) in [5.41, 5.74) is 2.13. The number of ether oxygens (including phenoxy) is 1. The molecule has 2 aromatic carbocycles. The van der Waals surface area contributed by atoms with Gasteiger partial charge in [0.2, 0.25) is 5.95 Å². The van der Waals surface area contributed by atoms with Crippen LogP contribution in [0.3, 0.4) is 0 Å². The molecule has 2 N–H and O–H groups in total. The van der Waals surface area contributed by atoms with Gasteiger partial charge in [-0.15, -0.1) is 0 Å². The van der Waals surface area contributed by atoms with E-state index >= 15 is 0 Å². The standard InChI is InChI=1S/C20H22N4O/c1-15(2)25-18-10-8-17(9-11-18)23-19-12-13-21-20(24-19)22-14-16-6-4-3-5-7-16/h3-13,15H,14H2,1-2H3,(H2,21,22,23,24). The van der Waals surface area contributed by atoms with E-state index in [1.807, 2.05) is 62.4 Å². The van der Waals surface area contributed by atoms with Crippen molar-refractivity contribution in [3.8, 4) is 5.75 Å². The van der Waals surface area contributed by atoms with Crippen LogP contribution in [0.15, 0.2) is 66.9 Å². The predicted octanol–water partition coefficient (Wildman–Crippen LogP) is 4.62. The number of anilines is 3. The van der Waals surface area contributed by atoms with Crippen LogP contribution in [-0.2, 0) is 6.54 Å². The Morgan fingerprint density at radius 3 is 2.44 bits per heavy atom. The molecular formula is C20H22N4O. The van der Waals surface area contributed by atoms with E-state index in [0.29, 0.717) is 12.5 Å². The van der Waals surface area contributed by atoms with E-state index in [-0.39, 0.29) is 6.10 Å². The first-order valence-electron chi connectivity index (χ1n) is 8.33. The molecule has 0 radical (unpaired) electrons. The Morgan fingerprint density at radius 2 is 1.72 bits per heavy atom. The highest BCUT2D eigenvalue weighted by Crippen LogP contribution is 2.20. The average Bonchev–Trinajstić information content (AvgIpc) is 2.62. The summed E-state index contributed by atoms with van der Waals surface area (Å²) < 4.78 is 5.65. The maximum absolute atomic E-state index is 5.65. The molecule has 0 saturated heterocycles. The molecule has 3 aromatic rings. The minimum absolute atomic E-state index is 0.166. The van der Waals surface area contributed by atoms with Crippen LogP contribution in [0, 0.1) is 0 Å². The molecule has 5 heteroatoms. The van der Waals surface area contributed by atoms with Gasteiger partial charge in [0.15, 0.2) is 0 Å². The molecular weight excluding hydrogens is 312 g/mol. The Labute approximate surface area is 148 Å². The van der Waals surface area contributed by atoms with E-state index in [2.05, 4.69) is 32.7 Å². The minimum Gasteiger partial charge on any atom is -0.491 e. The largest absolute Gasteiger partial charge is 0.491 e. The molecule has 25 heavy (non-hydrogen) atoms. The third-order valence-electron chi connectivity index (χ3n) is 3.45. The number of rotatable bonds is 7. The normalized spacial score (nSPS) is 10.5. The molecule has 3 rings (SSSR count). The van der Waals surface area contributed by atoms with Crippen LogP contribution in [0.2, 0.25) is 0 Å². The van der Waals surface area contributed by atoms with Crippen LogP contribution in [0.1, 0.15) is 19.4 Å². The third kappa shape index (κ3) is 5.21. The fraction of sp³-hybridized carbons (Fsp3) is 0.200. The average molecular weight is 334 g/mol. The quantitative estimate of drug-likeness (QED) is 0.660. The van der Waals surface area contributed by atoms with E-state index in [9.17, 15) is 0 Å². The molecule has 1 aromatic heterocycles. The van der Waals surface area contributed by atoms with Gasteiger partial charge >= 0.3 is 0 Å². The van der Waals surface area contributed by atoms with Crippen molar-refractivity contribution in [2.75, 3.05) is 10.6 Å². The molecule has 0 aliphatic rings. The summed E-state index contributed by atoms with van der Waals surface area (Å²) in [4.78, 5) is 8.75. The first-order valence-corrected chi connectivity index (χ1v) is 8.33. The Hall–Kier alpha value is -3.08. The Balaban J connectivity index is 1.61. The van der Waals surface area contributed by atoms with Gasteiger partial charge in [0.1, 0.15) is 11.6 Å². The Morgan fingerprint density at radius 1 is 0.960 bits per heavy atom. The van der Waals surface area contributed by atoms with Gasteiger partial charge < -0.3 is 15.4 Å². The fourth-order valence-corrected chi connectivity index (χ4v) is 2.33. The lowest BCUT2D eigenvalue weighted by molar-refractivity contribution is 0.242. The van der Waals surface area contributed by atoms with Crippen LogP contribution in [-0.4, -0.2) is 16.1 Å². The summed E-state index contributed by atoms with van der Waals surface area (Å²) in [6.45, 7) is 4.71. The summed E-state index contributed by atoms with van der Waals surface area (Å²) in [7, 11) is 0. The number of nitrogens with zero attached hydrogens (tertiary/aromatic N) is 2. The minimum atomic E-state index is 0.166. The molecule has 5 nitrogen and oxygen atoms in total. The van der Waals surface area contributed by atoms with Crippen molar-refractivity contribution in [2.45, 2.75) is 26.5 Å². The van der Waals surface area contributed by atoms with Gasteiger partial charge in [0.25, 0.3) is 0 Å². The van der Waals surface area contributed by atoms with Crippen molar-refractivity contribution in [1.29, 1.82) is 0 Å². The second kappa shape index (κ2) is 8.15. The van der Waals surface area contributed by atoms with Gasteiger partial charge in [0.05, 0.1) is 6.10 Å². The number of hydrogen-bond donors (Lipinski definition) is 2. The summed E-state index contributed by atoms with van der Waals surface area (Å²) in [5, 5.41) is 6.51. The second-order valence-corrected chi connectivity index (χ2v) is 5.92. The monoisotopic (exact) mass is 334 g/mol. The maximum Gasteiger partial charge on any atom is 0.224 e. The van der Waals surface area contributed by atoms with Gasteiger partial charge in [-0.3, -0.25) is 0 Å². The summed E-state index contributed by atoms with van der Waals surface area (Å²) in [6, 6.07) is 19.8. The van der Waals surface area contributed by atoms with Gasteiger partial charge in [0, 0.05) is 18.4 Å². The second-order valence-electron chi connectivity index (χ2n) is 5.92. The molecule has 0 unspecified atom stereocenters. The molecule has 0 fully saturated rings.